The molecule has 3 N–H and O–H groups in total. The van der Waals surface area contributed by atoms with Crippen molar-refractivity contribution in [3.05, 3.63) is 29.8 Å². The minimum Gasteiger partial charge on any atom is -0.452 e. The number of nitrogens with one attached hydrogen (secondary N) is 1. The van der Waals surface area contributed by atoms with Gasteiger partial charge in [-0.25, -0.2) is 4.79 Å². The lowest BCUT2D eigenvalue weighted by Gasteiger charge is -2.30. The molecule has 25 heavy (non-hydrogen) atoms. The van der Waals surface area contributed by atoms with Gasteiger partial charge in [-0.15, -0.1) is 0 Å². The minimum absolute atomic E-state index is 0.347. The molecule has 1 unspecified atom stereocenters. The van der Waals surface area contributed by atoms with E-state index >= 15 is 0 Å². The van der Waals surface area contributed by atoms with E-state index in [1.807, 2.05) is 6.07 Å². The van der Waals surface area contributed by atoms with E-state index in [-0.39, 0.29) is 5.92 Å². The molecule has 1 aromatic rings. The number of rotatable bonds is 4. The van der Waals surface area contributed by atoms with E-state index in [0.29, 0.717) is 37.2 Å². The number of benzene rings is 1. The van der Waals surface area contributed by atoms with Crippen LogP contribution in [0.15, 0.2) is 24.3 Å². The van der Waals surface area contributed by atoms with Crippen LogP contribution in [0.5, 0.6) is 0 Å². The molecule has 1 atom stereocenters. The molecule has 1 aliphatic heterocycles. The van der Waals surface area contributed by atoms with Crippen LogP contribution in [-0.2, 0) is 14.3 Å². The first kappa shape index (κ1) is 18.3. The number of nitrogens with zero attached hydrogens (tertiary/aromatic N) is 2. The van der Waals surface area contributed by atoms with Crippen LogP contribution in [-0.4, -0.2) is 42.0 Å². The largest absolute Gasteiger partial charge is 0.452 e. The third-order valence-electron chi connectivity index (χ3n) is 4.08. The van der Waals surface area contributed by atoms with Crippen molar-refractivity contribution in [1.29, 1.82) is 5.26 Å². The summed E-state index contributed by atoms with van der Waals surface area (Å²) >= 11 is 0. The number of anilines is 1. The quantitative estimate of drug-likeness (QED) is 0.794. The molecule has 8 nitrogen and oxygen atoms in total. The van der Waals surface area contributed by atoms with Gasteiger partial charge in [-0.1, -0.05) is 0 Å². The highest BCUT2D eigenvalue weighted by atomic mass is 16.5. The van der Waals surface area contributed by atoms with Crippen LogP contribution in [0.3, 0.4) is 0 Å². The molecule has 1 aromatic carbocycles. The molecule has 0 bridgehead atoms. The highest BCUT2D eigenvalue weighted by Crippen LogP contribution is 2.19. The zero-order chi connectivity index (χ0) is 18.4. The number of likely N-dealkylation sites (tertiary alicyclic amines) is 1. The molecule has 1 heterocycles. The number of hydrogen-bond donors (Lipinski definition) is 2. The molecule has 1 fully saturated rings. The summed E-state index contributed by atoms with van der Waals surface area (Å²) in [7, 11) is 0. The van der Waals surface area contributed by atoms with Gasteiger partial charge in [-0.3, -0.25) is 9.59 Å². The summed E-state index contributed by atoms with van der Waals surface area (Å²) in [5, 5.41) is 11.4. The second kappa shape index (κ2) is 8.15. The summed E-state index contributed by atoms with van der Waals surface area (Å²) in [5.41, 5.74) is 6.20. The fourth-order valence-electron chi connectivity index (χ4n) is 2.53. The van der Waals surface area contributed by atoms with Crippen molar-refractivity contribution >= 4 is 23.6 Å². The number of nitrogens with two attached hydrogens (primary N) is 1. The third kappa shape index (κ3) is 4.94. The van der Waals surface area contributed by atoms with Gasteiger partial charge in [0.2, 0.25) is 0 Å². The molecule has 2 rings (SSSR count). The van der Waals surface area contributed by atoms with Gasteiger partial charge in [0.15, 0.2) is 6.10 Å². The number of hydrogen-bond acceptors (Lipinski definition) is 5. The zero-order valence-corrected chi connectivity index (χ0v) is 13.9. The highest BCUT2D eigenvalue weighted by Gasteiger charge is 2.29. The summed E-state index contributed by atoms with van der Waals surface area (Å²) in [4.78, 5) is 36.8. The van der Waals surface area contributed by atoms with E-state index in [4.69, 9.17) is 15.7 Å². The van der Waals surface area contributed by atoms with Gasteiger partial charge in [0.1, 0.15) is 0 Å². The third-order valence-corrected chi connectivity index (χ3v) is 4.08. The molecule has 0 radical (unpaired) electrons. The molecule has 0 saturated carbocycles. The Bertz CT molecular complexity index is 688. The Kier molecular flexibility index (Phi) is 5.95. The van der Waals surface area contributed by atoms with Crippen LogP contribution in [0.4, 0.5) is 10.5 Å². The van der Waals surface area contributed by atoms with Crippen LogP contribution < -0.4 is 11.1 Å². The summed E-state index contributed by atoms with van der Waals surface area (Å²) < 4.78 is 5.23. The molecule has 0 spiro atoms. The second-order valence-corrected chi connectivity index (χ2v) is 5.86. The number of nitriles is 1. The van der Waals surface area contributed by atoms with E-state index in [1.54, 1.807) is 24.3 Å². The van der Waals surface area contributed by atoms with Crippen molar-refractivity contribution in [1.82, 2.24) is 4.90 Å². The van der Waals surface area contributed by atoms with Crippen molar-refractivity contribution in [2.45, 2.75) is 25.9 Å². The van der Waals surface area contributed by atoms with Crippen LogP contribution in [0.2, 0.25) is 0 Å². The fraction of sp³-hybridized carbons (Fsp3) is 0.412. The average molecular weight is 344 g/mol. The maximum atomic E-state index is 12.2. The molecule has 8 heteroatoms. The summed E-state index contributed by atoms with van der Waals surface area (Å²) in [5.74, 6) is -1.25. The predicted octanol–water partition coefficient (Wildman–Crippen LogP) is 1.22. The highest BCUT2D eigenvalue weighted by molar-refractivity contribution is 5.95. The van der Waals surface area contributed by atoms with Crippen molar-refractivity contribution in [3.8, 4) is 6.07 Å². The molecule has 132 valence electrons. The Balaban J connectivity index is 1.83. The van der Waals surface area contributed by atoms with Crippen LogP contribution in [0, 0.1) is 17.2 Å². The zero-order valence-electron chi connectivity index (χ0n) is 13.9. The van der Waals surface area contributed by atoms with E-state index in [2.05, 4.69) is 5.32 Å². The lowest BCUT2D eigenvalue weighted by molar-refractivity contribution is -0.158. The van der Waals surface area contributed by atoms with Gasteiger partial charge in [-0.05, 0) is 44.0 Å². The number of esters is 1. The monoisotopic (exact) mass is 344 g/mol. The van der Waals surface area contributed by atoms with Gasteiger partial charge >= 0.3 is 12.0 Å². The first-order valence-electron chi connectivity index (χ1n) is 7.96. The number of urea groups is 1. The lowest BCUT2D eigenvalue weighted by Crippen LogP contribution is -2.44. The number of carbonyl (C=O) groups is 3. The smallest absolute Gasteiger partial charge is 0.314 e. The van der Waals surface area contributed by atoms with Gasteiger partial charge < -0.3 is 20.7 Å². The Hall–Kier alpha value is -3.08. The number of carbonyl (C=O) groups excluding carboxylic acids is 3. The molecular formula is C17H20N4O4. The van der Waals surface area contributed by atoms with Gasteiger partial charge in [-0.2, -0.15) is 5.26 Å². The van der Waals surface area contributed by atoms with Crippen molar-refractivity contribution in [2.24, 2.45) is 11.7 Å². The molecule has 3 amide bonds. The van der Waals surface area contributed by atoms with E-state index in [9.17, 15) is 14.4 Å². The molecule has 0 aliphatic carbocycles. The average Bonchev–Trinajstić information content (AvgIpc) is 2.62. The summed E-state index contributed by atoms with van der Waals surface area (Å²) in [6, 6.07) is 7.86. The van der Waals surface area contributed by atoms with Crippen LogP contribution in [0.1, 0.15) is 25.3 Å². The van der Waals surface area contributed by atoms with Gasteiger partial charge in [0.25, 0.3) is 5.91 Å². The SMILES string of the molecule is CC(OC(=O)C1CCN(C(N)=O)CC1)C(=O)Nc1ccc(C#N)cc1. The molecular weight excluding hydrogens is 324 g/mol. The van der Waals surface area contributed by atoms with Gasteiger partial charge in [0, 0.05) is 18.8 Å². The number of piperidine rings is 1. The Morgan fingerprint density at radius 1 is 1.28 bits per heavy atom. The van der Waals surface area contributed by atoms with Crippen molar-refractivity contribution in [3.63, 3.8) is 0 Å². The maximum Gasteiger partial charge on any atom is 0.314 e. The van der Waals surface area contributed by atoms with Crippen LogP contribution in [0.25, 0.3) is 0 Å². The first-order chi connectivity index (χ1) is 11.9. The topological polar surface area (TPSA) is 126 Å². The predicted molar refractivity (Wildman–Crippen MR) is 89.2 cm³/mol. The first-order valence-corrected chi connectivity index (χ1v) is 7.96. The summed E-state index contributed by atoms with van der Waals surface area (Å²) in [6.07, 6.45) is -0.0189. The summed E-state index contributed by atoms with van der Waals surface area (Å²) in [6.45, 7) is 2.30. The number of primary amides is 1. The van der Waals surface area contributed by atoms with Crippen molar-refractivity contribution in [2.75, 3.05) is 18.4 Å². The Labute approximate surface area is 145 Å². The molecule has 0 aromatic heterocycles. The molecule has 1 saturated heterocycles. The van der Waals surface area contributed by atoms with E-state index in [0.717, 1.165) is 0 Å². The Morgan fingerprint density at radius 2 is 1.88 bits per heavy atom. The van der Waals surface area contributed by atoms with E-state index < -0.39 is 24.0 Å². The van der Waals surface area contributed by atoms with Gasteiger partial charge in [0.05, 0.1) is 17.6 Å². The molecule has 1 aliphatic rings. The minimum atomic E-state index is -0.947. The fourth-order valence-corrected chi connectivity index (χ4v) is 2.53. The number of ether oxygens (including phenoxy) is 1. The lowest BCUT2D eigenvalue weighted by atomic mass is 9.97. The standard InChI is InChI=1S/C17H20N4O4/c1-11(15(22)20-14-4-2-12(10-18)3-5-14)25-16(23)13-6-8-21(9-7-13)17(19)24/h2-5,11,13H,6-9H2,1H3,(H2,19,24)(H,20,22). The Morgan fingerprint density at radius 3 is 2.40 bits per heavy atom. The van der Waals surface area contributed by atoms with E-state index in [1.165, 1.54) is 11.8 Å². The van der Waals surface area contributed by atoms with Crippen LogP contribution >= 0.6 is 0 Å². The second-order valence-electron chi connectivity index (χ2n) is 5.86. The maximum absolute atomic E-state index is 12.2. The number of amides is 3. The normalized spacial score (nSPS) is 15.8. The van der Waals surface area contributed by atoms with Crippen molar-refractivity contribution < 1.29 is 19.1 Å².